The summed E-state index contributed by atoms with van der Waals surface area (Å²) in [5.74, 6) is 0. The lowest BCUT2D eigenvalue weighted by atomic mass is 9.73. The Balaban J connectivity index is 2.45. The monoisotopic (exact) mass is 176 g/mol. The molecule has 1 fully saturated rings. The molecular formula is C12H16O. The number of aryl methyl sites for hydroxylation is 1. The molecule has 0 aromatic heterocycles. The average Bonchev–Trinajstić information content (AvgIpc) is 2.06. The molecule has 1 N–H and O–H groups in total. The second-order valence-electron chi connectivity index (χ2n) is 4.13. The minimum absolute atomic E-state index is 0.504. The van der Waals surface area contributed by atoms with E-state index < -0.39 is 5.60 Å². The first-order chi connectivity index (χ1) is 6.13. The molecule has 0 saturated heterocycles. The van der Waals surface area contributed by atoms with Gasteiger partial charge >= 0.3 is 0 Å². The predicted octanol–water partition coefficient (Wildman–Crippen LogP) is 2.67. The van der Waals surface area contributed by atoms with Gasteiger partial charge in [0.2, 0.25) is 0 Å². The average molecular weight is 176 g/mol. The van der Waals surface area contributed by atoms with Crippen LogP contribution in [0.3, 0.4) is 0 Å². The van der Waals surface area contributed by atoms with Crippen molar-refractivity contribution in [3.8, 4) is 0 Å². The van der Waals surface area contributed by atoms with Crippen molar-refractivity contribution < 1.29 is 5.11 Å². The van der Waals surface area contributed by atoms with E-state index >= 15 is 0 Å². The van der Waals surface area contributed by atoms with Crippen LogP contribution in [0.5, 0.6) is 0 Å². The van der Waals surface area contributed by atoms with E-state index in [9.17, 15) is 5.11 Å². The number of hydrogen-bond acceptors (Lipinski definition) is 1. The van der Waals surface area contributed by atoms with Gasteiger partial charge in [-0.05, 0) is 49.8 Å². The van der Waals surface area contributed by atoms with E-state index in [0.717, 1.165) is 24.8 Å². The van der Waals surface area contributed by atoms with Gasteiger partial charge in [-0.25, -0.2) is 0 Å². The molecule has 1 heteroatoms. The Bertz CT molecular complexity index is 324. The van der Waals surface area contributed by atoms with Crippen LogP contribution < -0.4 is 0 Å². The van der Waals surface area contributed by atoms with E-state index in [0.29, 0.717) is 0 Å². The third kappa shape index (κ3) is 1.28. The van der Waals surface area contributed by atoms with Gasteiger partial charge in [0.1, 0.15) is 0 Å². The van der Waals surface area contributed by atoms with Crippen molar-refractivity contribution in [2.75, 3.05) is 0 Å². The summed E-state index contributed by atoms with van der Waals surface area (Å²) in [5, 5.41) is 10.2. The van der Waals surface area contributed by atoms with Gasteiger partial charge in [-0.15, -0.1) is 0 Å². The molecule has 0 heterocycles. The van der Waals surface area contributed by atoms with Crippen LogP contribution in [-0.4, -0.2) is 5.11 Å². The van der Waals surface area contributed by atoms with Gasteiger partial charge in [-0.2, -0.15) is 0 Å². The number of rotatable bonds is 1. The Hall–Kier alpha value is -0.820. The van der Waals surface area contributed by atoms with E-state index in [4.69, 9.17) is 0 Å². The second-order valence-corrected chi connectivity index (χ2v) is 4.13. The fourth-order valence-electron chi connectivity index (χ4n) is 2.04. The van der Waals surface area contributed by atoms with Crippen molar-refractivity contribution in [3.63, 3.8) is 0 Å². The van der Waals surface area contributed by atoms with Crippen molar-refractivity contribution in [3.05, 3.63) is 34.9 Å². The maximum absolute atomic E-state index is 10.2. The van der Waals surface area contributed by atoms with Gasteiger partial charge in [0.15, 0.2) is 0 Å². The molecule has 0 bridgehead atoms. The molecule has 1 aromatic carbocycles. The molecule has 0 unspecified atom stereocenters. The molecule has 0 aliphatic heterocycles. The quantitative estimate of drug-likeness (QED) is 0.697. The first-order valence-corrected chi connectivity index (χ1v) is 4.92. The zero-order valence-electron chi connectivity index (χ0n) is 8.30. The van der Waals surface area contributed by atoms with Crippen LogP contribution in [-0.2, 0) is 5.60 Å². The predicted molar refractivity (Wildman–Crippen MR) is 53.7 cm³/mol. The summed E-state index contributed by atoms with van der Waals surface area (Å²) in [7, 11) is 0. The van der Waals surface area contributed by atoms with Crippen LogP contribution >= 0.6 is 0 Å². The standard InChI is InChI=1S/C12H16O/c1-9-5-3-6-11(10(9)2)12(13)7-4-8-12/h3,5-6,13H,4,7-8H2,1-2H3. The molecule has 1 aliphatic rings. The van der Waals surface area contributed by atoms with Crippen molar-refractivity contribution in [2.24, 2.45) is 0 Å². The van der Waals surface area contributed by atoms with Gasteiger partial charge in [0, 0.05) is 0 Å². The highest BCUT2D eigenvalue weighted by molar-refractivity contribution is 5.38. The molecule has 0 amide bonds. The summed E-state index contributed by atoms with van der Waals surface area (Å²) in [6.45, 7) is 4.20. The SMILES string of the molecule is Cc1cccc(C2(O)CCC2)c1C. The third-order valence-electron chi connectivity index (χ3n) is 3.29. The van der Waals surface area contributed by atoms with Crippen molar-refractivity contribution in [1.82, 2.24) is 0 Å². The van der Waals surface area contributed by atoms with Gasteiger partial charge in [-0.3, -0.25) is 0 Å². The van der Waals surface area contributed by atoms with Gasteiger partial charge in [-0.1, -0.05) is 18.2 Å². The summed E-state index contributed by atoms with van der Waals surface area (Å²) in [4.78, 5) is 0. The number of aliphatic hydroxyl groups is 1. The maximum Gasteiger partial charge on any atom is 0.0899 e. The van der Waals surface area contributed by atoms with Crippen LogP contribution in [0.4, 0.5) is 0 Å². The van der Waals surface area contributed by atoms with E-state index in [1.165, 1.54) is 11.1 Å². The summed E-state index contributed by atoms with van der Waals surface area (Å²) < 4.78 is 0. The lowest BCUT2D eigenvalue weighted by molar-refractivity contribution is -0.0393. The largest absolute Gasteiger partial charge is 0.385 e. The molecule has 0 spiro atoms. The Morgan fingerprint density at radius 1 is 1.23 bits per heavy atom. The molecule has 1 aromatic rings. The molecule has 70 valence electrons. The normalized spacial score (nSPS) is 19.6. The summed E-state index contributed by atoms with van der Waals surface area (Å²) >= 11 is 0. The van der Waals surface area contributed by atoms with Gasteiger partial charge in [0.25, 0.3) is 0 Å². The van der Waals surface area contributed by atoms with E-state index in [-0.39, 0.29) is 0 Å². The summed E-state index contributed by atoms with van der Waals surface area (Å²) in [6, 6.07) is 6.19. The molecule has 1 saturated carbocycles. The Kier molecular flexibility index (Phi) is 1.92. The number of benzene rings is 1. The van der Waals surface area contributed by atoms with Crippen molar-refractivity contribution >= 4 is 0 Å². The topological polar surface area (TPSA) is 20.2 Å². The fourth-order valence-corrected chi connectivity index (χ4v) is 2.04. The molecular weight excluding hydrogens is 160 g/mol. The van der Waals surface area contributed by atoms with Crippen LogP contribution in [0.1, 0.15) is 36.0 Å². The molecule has 0 atom stereocenters. The van der Waals surface area contributed by atoms with Crippen LogP contribution in [0.2, 0.25) is 0 Å². The van der Waals surface area contributed by atoms with Crippen LogP contribution in [0.15, 0.2) is 18.2 Å². The minimum atomic E-state index is -0.504. The van der Waals surface area contributed by atoms with Crippen LogP contribution in [0, 0.1) is 13.8 Å². The highest BCUT2D eigenvalue weighted by atomic mass is 16.3. The lowest BCUT2D eigenvalue weighted by Gasteiger charge is -2.38. The van der Waals surface area contributed by atoms with E-state index in [1.807, 2.05) is 6.07 Å². The zero-order valence-corrected chi connectivity index (χ0v) is 8.30. The van der Waals surface area contributed by atoms with Crippen LogP contribution in [0.25, 0.3) is 0 Å². The molecule has 2 rings (SSSR count). The molecule has 1 aliphatic carbocycles. The lowest BCUT2D eigenvalue weighted by Crippen LogP contribution is -2.34. The Morgan fingerprint density at radius 3 is 2.46 bits per heavy atom. The minimum Gasteiger partial charge on any atom is -0.385 e. The Labute approximate surface area is 79.4 Å². The number of hydrogen-bond donors (Lipinski definition) is 1. The molecule has 0 radical (unpaired) electrons. The van der Waals surface area contributed by atoms with E-state index in [2.05, 4.69) is 26.0 Å². The fraction of sp³-hybridized carbons (Fsp3) is 0.500. The maximum atomic E-state index is 10.2. The Morgan fingerprint density at radius 2 is 1.92 bits per heavy atom. The zero-order chi connectivity index (χ0) is 9.47. The summed E-state index contributed by atoms with van der Waals surface area (Å²) in [5.41, 5.74) is 3.16. The smallest absolute Gasteiger partial charge is 0.0899 e. The van der Waals surface area contributed by atoms with Crippen molar-refractivity contribution in [2.45, 2.75) is 38.7 Å². The molecule has 13 heavy (non-hydrogen) atoms. The second kappa shape index (κ2) is 2.85. The highest BCUT2D eigenvalue weighted by Gasteiger charge is 2.37. The highest BCUT2D eigenvalue weighted by Crippen LogP contribution is 2.42. The first kappa shape index (κ1) is 8.76. The van der Waals surface area contributed by atoms with Gasteiger partial charge < -0.3 is 5.11 Å². The van der Waals surface area contributed by atoms with E-state index in [1.54, 1.807) is 0 Å². The third-order valence-corrected chi connectivity index (χ3v) is 3.29. The van der Waals surface area contributed by atoms with Gasteiger partial charge in [0.05, 0.1) is 5.60 Å². The summed E-state index contributed by atoms with van der Waals surface area (Å²) in [6.07, 6.45) is 3.01. The van der Waals surface area contributed by atoms with Crippen molar-refractivity contribution in [1.29, 1.82) is 0 Å². The molecule has 1 nitrogen and oxygen atoms in total. The first-order valence-electron chi connectivity index (χ1n) is 4.92.